The first-order valence-corrected chi connectivity index (χ1v) is 9.13. The second-order valence-electron chi connectivity index (χ2n) is 6.66. The quantitative estimate of drug-likeness (QED) is 0.467. The van der Waals surface area contributed by atoms with Gasteiger partial charge in [0.25, 0.3) is 0 Å². The van der Waals surface area contributed by atoms with Gasteiger partial charge in [-0.25, -0.2) is 4.79 Å². The van der Waals surface area contributed by atoms with Gasteiger partial charge >= 0.3 is 6.03 Å². The molecule has 0 heterocycles. The Morgan fingerprint density at radius 1 is 1.00 bits per heavy atom. The Bertz CT molecular complexity index is 768. The van der Waals surface area contributed by atoms with Crippen molar-refractivity contribution in [3.05, 3.63) is 65.2 Å². The number of urea groups is 1. The summed E-state index contributed by atoms with van der Waals surface area (Å²) in [6, 6.07) is 15.9. The number of carbonyl (C=O) groups is 1. The van der Waals surface area contributed by atoms with Crippen LogP contribution in [0, 0.1) is 6.92 Å². The lowest BCUT2D eigenvalue weighted by atomic mass is 10.1. The van der Waals surface area contributed by atoms with E-state index in [0.29, 0.717) is 6.54 Å². The smallest absolute Gasteiger partial charge is 0.319 e. The number of hydrogen-bond acceptors (Lipinski definition) is 2. The summed E-state index contributed by atoms with van der Waals surface area (Å²) < 4.78 is 0. The van der Waals surface area contributed by atoms with Gasteiger partial charge < -0.3 is 21.3 Å². The van der Waals surface area contributed by atoms with Crippen molar-refractivity contribution in [2.45, 2.75) is 39.9 Å². The topological polar surface area (TPSA) is 77.5 Å². The number of nitrogens with one attached hydrogen (secondary N) is 4. The number of nitrogens with zero attached hydrogens (tertiary/aromatic N) is 1. The highest BCUT2D eigenvalue weighted by molar-refractivity contribution is 5.89. The molecule has 2 aromatic rings. The fraction of sp³-hybridized carbons (Fsp3) is 0.333. The third-order valence-corrected chi connectivity index (χ3v) is 4.02. The van der Waals surface area contributed by atoms with Gasteiger partial charge in [0.15, 0.2) is 5.96 Å². The van der Waals surface area contributed by atoms with E-state index in [1.807, 2.05) is 50.2 Å². The molecular formula is C21H29N5O. The largest absolute Gasteiger partial charge is 0.352 e. The molecule has 0 aromatic heterocycles. The number of aliphatic imine (C=N–C) groups is 1. The van der Waals surface area contributed by atoms with E-state index in [-0.39, 0.29) is 12.1 Å². The summed E-state index contributed by atoms with van der Waals surface area (Å²) in [7, 11) is 1.76. The highest BCUT2D eigenvalue weighted by Gasteiger charge is 2.04. The summed E-state index contributed by atoms with van der Waals surface area (Å²) >= 11 is 0. The average molecular weight is 367 g/mol. The van der Waals surface area contributed by atoms with Crippen molar-refractivity contribution in [2.75, 3.05) is 12.4 Å². The Labute approximate surface area is 161 Å². The van der Waals surface area contributed by atoms with Crippen LogP contribution in [0.15, 0.2) is 53.5 Å². The molecule has 0 saturated heterocycles. The summed E-state index contributed by atoms with van der Waals surface area (Å²) in [5.41, 5.74) is 4.36. The fourth-order valence-corrected chi connectivity index (χ4v) is 2.53. The molecule has 27 heavy (non-hydrogen) atoms. The molecule has 0 aliphatic heterocycles. The molecule has 144 valence electrons. The molecule has 0 aliphatic carbocycles. The summed E-state index contributed by atoms with van der Waals surface area (Å²) in [6.45, 7) is 7.32. The molecule has 2 amide bonds. The van der Waals surface area contributed by atoms with E-state index in [9.17, 15) is 4.79 Å². The van der Waals surface area contributed by atoms with Gasteiger partial charge in [0.2, 0.25) is 0 Å². The van der Waals surface area contributed by atoms with E-state index in [2.05, 4.69) is 45.3 Å². The molecule has 4 N–H and O–H groups in total. The van der Waals surface area contributed by atoms with Crippen LogP contribution in [0.5, 0.6) is 0 Å². The van der Waals surface area contributed by atoms with Gasteiger partial charge in [0.1, 0.15) is 0 Å². The summed E-state index contributed by atoms with van der Waals surface area (Å²) in [5, 5.41) is 12.2. The van der Waals surface area contributed by atoms with Crippen LogP contribution in [0.2, 0.25) is 0 Å². The van der Waals surface area contributed by atoms with Crippen molar-refractivity contribution in [3.63, 3.8) is 0 Å². The van der Waals surface area contributed by atoms with Crippen LogP contribution >= 0.6 is 0 Å². The van der Waals surface area contributed by atoms with Crippen molar-refractivity contribution in [2.24, 2.45) is 4.99 Å². The lowest BCUT2D eigenvalue weighted by Crippen LogP contribution is -2.36. The third-order valence-electron chi connectivity index (χ3n) is 4.02. The number of rotatable bonds is 6. The Hall–Kier alpha value is -3.02. The minimum absolute atomic E-state index is 0.104. The van der Waals surface area contributed by atoms with Gasteiger partial charge in [0, 0.05) is 31.9 Å². The van der Waals surface area contributed by atoms with E-state index in [1.165, 1.54) is 11.1 Å². The van der Waals surface area contributed by atoms with Crippen molar-refractivity contribution in [1.82, 2.24) is 16.0 Å². The predicted molar refractivity (Wildman–Crippen MR) is 112 cm³/mol. The average Bonchev–Trinajstić information content (AvgIpc) is 2.63. The minimum Gasteiger partial charge on any atom is -0.352 e. The van der Waals surface area contributed by atoms with Crippen LogP contribution in [0.3, 0.4) is 0 Å². The van der Waals surface area contributed by atoms with Gasteiger partial charge in [-0.05, 0) is 49.6 Å². The first kappa shape index (κ1) is 20.3. The normalized spacial score (nSPS) is 11.2. The number of carbonyl (C=O) groups excluding carboxylic acids is 1. The highest BCUT2D eigenvalue weighted by Crippen LogP contribution is 2.09. The van der Waals surface area contributed by atoms with Crippen LogP contribution < -0.4 is 21.3 Å². The first-order chi connectivity index (χ1) is 13.0. The molecule has 6 heteroatoms. The van der Waals surface area contributed by atoms with Crippen LogP contribution in [-0.2, 0) is 13.1 Å². The zero-order valence-electron chi connectivity index (χ0n) is 16.5. The van der Waals surface area contributed by atoms with Crippen LogP contribution in [0.4, 0.5) is 10.5 Å². The Morgan fingerprint density at radius 2 is 1.67 bits per heavy atom. The molecule has 0 aliphatic rings. The molecule has 0 unspecified atom stereocenters. The Morgan fingerprint density at radius 3 is 2.30 bits per heavy atom. The standard InChI is InChI=1S/C21H29N5O/c1-15(2)25-21(27)26-19-11-9-17(10-12-19)13-23-20(22-4)24-14-18-8-6-5-7-16(18)3/h5-12,15H,13-14H2,1-4H3,(H2,22,23,24)(H2,25,26,27). The lowest BCUT2D eigenvalue weighted by molar-refractivity contribution is 0.250. The monoisotopic (exact) mass is 367 g/mol. The third kappa shape index (κ3) is 7.01. The molecule has 2 aromatic carbocycles. The molecule has 0 fully saturated rings. The Kier molecular flexibility index (Phi) is 7.67. The summed E-state index contributed by atoms with van der Waals surface area (Å²) in [5.74, 6) is 0.747. The maximum atomic E-state index is 11.7. The molecule has 2 rings (SSSR count). The second kappa shape index (κ2) is 10.2. The minimum atomic E-state index is -0.198. The predicted octanol–water partition coefficient (Wildman–Crippen LogP) is 3.39. The number of benzene rings is 2. The van der Waals surface area contributed by atoms with Crippen LogP contribution in [0.1, 0.15) is 30.5 Å². The van der Waals surface area contributed by atoms with E-state index in [1.54, 1.807) is 7.05 Å². The second-order valence-corrected chi connectivity index (χ2v) is 6.66. The SMILES string of the molecule is CN=C(NCc1ccc(NC(=O)NC(C)C)cc1)NCc1ccccc1C. The molecular weight excluding hydrogens is 338 g/mol. The summed E-state index contributed by atoms with van der Waals surface area (Å²) in [4.78, 5) is 16.0. The van der Waals surface area contributed by atoms with Crippen LogP contribution in [-0.4, -0.2) is 25.1 Å². The van der Waals surface area contributed by atoms with Gasteiger partial charge in [0.05, 0.1) is 0 Å². The van der Waals surface area contributed by atoms with Gasteiger partial charge in [-0.3, -0.25) is 4.99 Å². The van der Waals surface area contributed by atoms with Crippen molar-refractivity contribution in [3.8, 4) is 0 Å². The number of hydrogen-bond donors (Lipinski definition) is 4. The summed E-state index contributed by atoms with van der Waals surface area (Å²) in [6.07, 6.45) is 0. The van der Waals surface area contributed by atoms with Crippen LogP contribution in [0.25, 0.3) is 0 Å². The maximum Gasteiger partial charge on any atom is 0.319 e. The van der Waals surface area contributed by atoms with E-state index >= 15 is 0 Å². The molecule has 0 radical (unpaired) electrons. The number of anilines is 1. The fourth-order valence-electron chi connectivity index (χ4n) is 2.53. The van der Waals surface area contributed by atoms with Gasteiger partial charge in [-0.2, -0.15) is 0 Å². The van der Waals surface area contributed by atoms with E-state index in [0.717, 1.165) is 23.8 Å². The van der Waals surface area contributed by atoms with E-state index in [4.69, 9.17) is 0 Å². The van der Waals surface area contributed by atoms with Gasteiger partial charge in [-0.15, -0.1) is 0 Å². The molecule has 0 saturated carbocycles. The number of amides is 2. The highest BCUT2D eigenvalue weighted by atomic mass is 16.2. The molecule has 0 spiro atoms. The van der Waals surface area contributed by atoms with Gasteiger partial charge in [-0.1, -0.05) is 36.4 Å². The Balaban J connectivity index is 1.82. The number of guanidine groups is 1. The maximum absolute atomic E-state index is 11.7. The molecule has 0 bridgehead atoms. The van der Waals surface area contributed by atoms with E-state index < -0.39 is 0 Å². The first-order valence-electron chi connectivity index (χ1n) is 9.13. The molecule has 0 atom stereocenters. The zero-order chi connectivity index (χ0) is 19.6. The molecule has 6 nitrogen and oxygen atoms in total. The van der Waals surface area contributed by atoms with Crippen molar-refractivity contribution >= 4 is 17.7 Å². The van der Waals surface area contributed by atoms with Crippen molar-refractivity contribution < 1.29 is 4.79 Å². The number of aryl methyl sites for hydroxylation is 1. The lowest BCUT2D eigenvalue weighted by Gasteiger charge is -2.14. The van der Waals surface area contributed by atoms with Crippen molar-refractivity contribution in [1.29, 1.82) is 0 Å². The zero-order valence-corrected chi connectivity index (χ0v) is 16.5.